The van der Waals surface area contributed by atoms with E-state index in [2.05, 4.69) is 11.8 Å². The topological polar surface area (TPSA) is 47.7 Å². The summed E-state index contributed by atoms with van der Waals surface area (Å²) < 4.78 is 11.3. The summed E-state index contributed by atoms with van der Waals surface area (Å²) in [5.74, 6) is 0.482. The van der Waals surface area contributed by atoms with Crippen molar-refractivity contribution in [1.29, 1.82) is 0 Å². The fraction of sp³-hybridized carbons (Fsp3) is 1.00. The zero-order valence-electron chi connectivity index (χ0n) is 10.2. The van der Waals surface area contributed by atoms with Gasteiger partial charge < -0.3 is 15.2 Å². The summed E-state index contributed by atoms with van der Waals surface area (Å²) in [4.78, 5) is 2.41. The molecule has 2 saturated heterocycles. The van der Waals surface area contributed by atoms with Gasteiger partial charge in [-0.2, -0.15) is 0 Å². The van der Waals surface area contributed by atoms with E-state index < -0.39 is 0 Å². The van der Waals surface area contributed by atoms with Crippen LogP contribution in [0.15, 0.2) is 0 Å². The minimum Gasteiger partial charge on any atom is -0.381 e. The minimum atomic E-state index is 0.134. The molecule has 94 valence electrons. The Morgan fingerprint density at radius 3 is 3.00 bits per heavy atom. The van der Waals surface area contributed by atoms with Gasteiger partial charge in [-0.25, -0.2) is 0 Å². The first-order valence-corrected chi connectivity index (χ1v) is 6.48. The van der Waals surface area contributed by atoms with Crippen LogP contribution in [0, 0.1) is 5.92 Å². The molecule has 2 rings (SSSR count). The molecule has 2 heterocycles. The van der Waals surface area contributed by atoms with E-state index in [9.17, 15) is 0 Å². The molecule has 16 heavy (non-hydrogen) atoms. The molecule has 0 saturated carbocycles. The molecule has 3 unspecified atom stereocenters. The molecule has 0 aromatic rings. The van der Waals surface area contributed by atoms with Crippen molar-refractivity contribution in [3.05, 3.63) is 0 Å². The molecular weight excluding hydrogens is 204 g/mol. The van der Waals surface area contributed by atoms with Crippen LogP contribution in [0.2, 0.25) is 0 Å². The molecule has 4 heteroatoms. The van der Waals surface area contributed by atoms with Gasteiger partial charge in [-0.15, -0.1) is 0 Å². The second-order valence-corrected chi connectivity index (χ2v) is 4.86. The summed E-state index contributed by atoms with van der Waals surface area (Å²) in [7, 11) is 0. The third kappa shape index (κ3) is 2.94. The van der Waals surface area contributed by atoms with E-state index in [-0.39, 0.29) is 12.1 Å². The first-order chi connectivity index (χ1) is 7.81. The minimum absolute atomic E-state index is 0.134. The van der Waals surface area contributed by atoms with Gasteiger partial charge in [0.1, 0.15) is 0 Å². The van der Waals surface area contributed by atoms with E-state index in [4.69, 9.17) is 15.2 Å². The lowest BCUT2D eigenvalue weighted by Gasteiger charge is -2.38. The first-order valence-electron chi connectivity index (χ1n) is 6.48. The second-order valence-electron chi connectivity index (χ2n) is 4.86. The lowest BCUT2D eigenvalue weighted by atomic mass is 9.90. The van der Waals surface area contributed by atoms with E-state index in [1.807, 2.05) is 0 Å². The van der Waals surface area contributed by atoms with Crippen molar-refractivity contribution >= 4 is 0 Å². The molecule has 0 aromatic carbocycles. The first kappa shape index (κ1) is 12.3. The van der Waals surface area contributed by atoms with Gasteiger partial charge in [0.2, 0.25) is 0 Å². The van der Waals surface area contributed by atoms with E-state index in [0.717, 1.165) is 45.9 Å². The Labute approximate surface area is 98.1 Å². The van der Waals surface area contributed by atoms with Gasteiger partial charge in [0.15, 0.2) is 0 Å². The van der Waals surface area contributed by atoms with E-state index >= 15 is 0 Å². The highest BCUT2D eigenvalue weighted by Crippen LogP contribution is 2.21. The molecule has 0 radical (unpaired) electrons. The highest BCUT2D eigenvalue weighted by Gasteiger charge is 2.31. The van der Waals surface area contributed by atoms with Gasteiger partial charge >= 0.3 is 0 Å². The molecule has 2 fully saturated rings. The third-order valence-corrected chi connectivity index (χ3v) is 3.79. The average Bonchev–Trinajstić information content (AvgIpc) is 2.39. The van der Waals surface area contributed by atoms with Crippen LogP contribution >= 0.6 is 0 Å². The molecule has 2 aliphatic rings. The van der Waals surface area contributed by atoms with Gasteiger partial charge in [-0.05, 0) is 19.4 Å². The van der Waals surface area contributed by atoms with Crippen molar-refractivity contribution in [1.82, 2.24) is 4.90 Å². The van der Waals surface area contributed by atoms with Gasteiger partial charge in [0.05, 0.1) is 19.3 Å². The highest BCUT2D eigenvalue weighted by atomic mass is 16.5. The van der Waals surface area contributed by atoms with E-state index in [0.29, 0.717) is 5.92 Å². The lowest BCUT2D eigenvalue weighted by Crippen LogP contribution is -2.54. The predicted molar refractivity (Wildman–Crippen MR) is 63.4 cm³/mol. The Hall–Kier alpha value is -0.160. The maximum Gasteiger partial charge on any atom is 0.0856 e. The molecule has 2 N–H and O–H groups in total. The van der Waals surface area contributed by atoms with Crippen LogP contribution in [0.4, 0.5) is 0 Å². The highest BCUT2D eigenvalue weighted by molar-refractivity contribution is 4.86. The summed E-state index contributed by atoms with van der Waals surface area (Å²) in [6.45, 7) is 7.84. The summed E-state index contributed by atoms with van der Waals surface area (Å²) >= 11 is 0. The molecule has 0 amide bonds. The Bertz CT molecular complexity index is 207. The number of nitrogens with two attached hydrogens (primary N) is 1. The quantitative estimate of drug-likeness (QED) is 0.762. The fourth-order valence-electron chi connectivity index (χ4n) is 2.62. The third-order valence-electron chi connectivity index (χ3n) is 3.79. The summed E-state index contributed by atoms with van der Waals surface area (Å²) in [5, 5.41) is 0. The van der Waals surface area contributed by atoms with Crippen LogP contribution in [0.1, 0.15) is 19.8 Å². The summed E-state index contributed by atoms with van der Waals surface area (Å²) in [6, 6.07) is 0.134. The number of hydrogen-bond donors (Lipinski definition) is 1. The van der Waals surface area contributed by atoms with Crippen LogP contribution in [0.3, 0.4) is 0 Å². The van der Waals surface area contributed by atoms with Gasteiger partial charge in [-0.3, -0.25) is 4.90 Å². The fourth-order valence-corrected chi connectivity index (χ4v) is 2.62. The number of hydrogen-bond acceptors (Lipinski definition) is 4. The Morgan fingerprint density at radius 1 is 1.44 bits per heavy atom. The maximum absolute atomic E-state index is 6.31. The molecule has 3 atom stereocenters. The molecule has 4 nitrogen and oxygen atoms in total. The van der Waals surface area contributed by atoms with Crippen molar-refractivity contribution < 1.29 is 9.47 Å². The summed E-state index contributed by atoms with van der Waals surface area (Å²) in [6.07, 6.45) is 2.52. The van der Waals surface area contributed by atoms with Crippen LogP contribution in [-0.2, 0) is 9.47 Å². The molecule has 0 aromatic heterocycles. The number of ether oxygens (including phenoxy) is 2. The monoisotopic (exact) mass is 228 g/mol. The maximum atomic E-state index is 6.31. The molecule has 0 spiro atoms. The van der Waals surface area contributed by atoms with Crippen molar-refractivity contribution in [2.45, 2.75) is 31.9 Å². The van der Waals surface area contributed by atoms with E-state index in [1.54, 1.807) is 0 Å². The van der Waals surface area contributed by atoms with Crippen LogP contribution in [-0.4, -0.2) is 56.5 Å². The number of likely N-dealkylation sites (N-methyl/N-ethyl adjacent to an activating group) is 1. The predicted octanol–water partition coefficient (Wildman–Crippen LogP) is 0.461. The van der Waals surface area contributed by atoms with Gasteiger partial charge in [0, 0.05) is 31.7 Å². The number of morpholine rings is 1. The van der Waals surface area contributed by atoms with Gasteiger partial charge in [-0.1, -0.05) is 6.92 Å². The zero-order valence-corrected chi connectivity index (χ0v) is 10.2. The molecule has 0 bridgehead atoms. The zero-order chi connectivity index (χ0) is 11.4. The lowest BCUT2D eigenvalue weighted by molar-refractivity contribution is -0.0627. The van der Waals surface area contributed by atoms with Crippen LogP contribution in [0.25, 0.3) is 0 Å². The largest absolute Gasteiger partial charge is 0.381 e. The molecule has 0 aliphatic carbocycles. The standard InChI is InChI=1S/C12H24N2O2/c1-2-14-5-7-16-11(8-14)12(13)10-4-3-6-15-9-10/h10-12H,2-9,13H2,1H3. The van der Waals surface area contributed by atoms with Crippen LogP contribution in [0.5, 0.6) is 0 Å². The molecule has 2 aliphatic heterocycles. The number of rotatable bonds is 3. The van der Waals surface area contributed by atoms with Crippen molar-refractivity contribution in [2.24, 2.45) is 11.7 Å². The SMILES string of the molecule is CCN1CCOC(C(N)C2CCCOC2)C1. The Kier molecular flexibility index (Phi) is 4.58. The summed E-state index contributed by atoms with van der Waals surface area (Å²) in [5.41, 5.74) is 6.31. The second kappa shape index (κ2) is 5.96. The van der Waals surface area contributed by atoms with E-state index in [1.165, 1.54) is 6.42 Å². The Balaban J connectivity index is 1.84. The molecular formula is C12H24N2O2. The Morgan fingerprint density at radius 2 is 2.31 bits per heavy atom. The van der Waals surface area contributed by atoms with Crippen molar-refractivity contribution in [2.75, 3.05) is 39.5 Å². The van der Waals surface area contributed by atoms with Crippen molar-refractivity contribution in [3.8, 4) is 0 Å². The smallest absolute Gasteiger partial charge is 0.0856 e. The average molecular weight is 228 g/mol. The van der Waals surface area contributed by atoms with Crippen molar-refractivity contribution in [3.63, 3.8) is 0 Å². The van der Waals surface area contributed by atoms with Crippen LogP contribution < -0.4 is 5.73 Å². The normalized spacial score (nSPS) is 34.9. The number of nitrogens with zero attached hydrogens (tertiary/aromatic N) is 1. The van der Waals surface area contributed by atoms with Gasteiger partial charge in [0.25, 0.3) is 0 Å².